The van der Waals surface area contributed by atoms with E-state index in [-0.39, 0.29) is 17.0 Å². The summed E-state index contributed by atoms with van der Waals surface area (Å²) in [7, 11) is 0. The van der Waals surface area contributed by atoms with Gasteiger partial charge >= 0.3 is 0 Å². The lowest BCUT2D eigenvalue weighted by Crippen LogP contribution is -2.19. The van der Waals surface area contributed by atoms with Gasteiger partial charge in [0.25, 0.3) is 0 Å². The smallest absolute Gasteiger partial charge is 0.165 e. The Labute approximate surface area is 185 Å². The number of hydrogen-bond donors (Lipinski definition) is 0. The van der Waals surface area contributed by atoms with Crippen LogP contribution in [0.3, 0.4) is 0 Å². The molecule has 148 valence electrons. The van der Waals surface area contributed by atoms with E-state index in [0.717, 1.165) is 34.9 Å². The fourth-order valence-corrected chi connectivity index (χ4v) is 3.57. The second-order valence-electron chi connectivity index (χ2n) is 7.16. The number of aryl methyl sites for hydroxylation is 1. The van der Waals surface area contributed by atoms with Crippen LogP contribution in [-0.4, -0.2) is 0 Å². The van der Waals surface area contributed by atoms with Gasteiger partial charge in [0.15, 0.2) is 11.6 Å². The number of hydrogen-bond acceptors (Lipinski definition) is 1. The predicted molar refractivity (Wildman–Crippen MR) is 121 cm³/mol. The zero-order valence-electron chi connectivity index (χ0n) is 16.1. The summed E-state index contributed by atoms with van der Waals surface area (Å²) in [4.78, 5) is 0. The molecule has 3 rings (SSSR count). The lowest BCUT2D eigenvalue weighted by molar-refractivity contribution is 0.441. The molecule has 0 aromatic heterocycles. The zero-order valence-corrected chi connectivity index (χ0v) is 18.4. The Morgan fingerprint density at radius 3 is 2.41 bits per heavy atom. The van der Waals surface area contributed by atoms with Gasteiger partial charge in [0.1, 0.15) is 5.75 Å². The molecular formula is C25H21BrClFO. The Kier molecular flexibility index (Phi) is 7.00. The lowest BCUT2D eigenvalue weighted by Gasteiger charge is -2.24. The van der Waals surface area contributed by atoms with Gasteiger partial charge in [0.2, 0.25) is 0 Å². The molecule has 0 saturated carbocycles. The van der Waals surface area contributed by atoms with Crippen LogP contribution in [0.4, 0.5) is 4.39 Å². The van der Waals surface area contributed by atoms with Crippen molar-refractivity contribution < 1.29 is 9.13 Å². The average Bonchev–Trinajstić information content (AvgIpc) is 2.72. The summed E-state index contributed by atoms with van der Waals surface area (Å²) in [5, 5.41) is 0.692. The maximum absolute atomic E-state index is 14.2. The van der Waals surface area contributed by atoms with E-state index in [1.165, 1.54) is 6.07 Å². The third kappa shape index (κ3) is 5.63. The molecule has 1 atom stereocenters. The minimum absolute atomic E-state index is 0.224. The van der Waals surface area contributed by atoms with Crippen LogP contribution in [-0.2, 0) is 11.8 Å². The Bertz CT molecular complexity index is 1010. The van der Waals surface area contributed by atoms with Gasteiger partial charge < -0.3 is 4.74 Å². The maximum atomic E-state index is 14.2. The van der Waals surface area contributed by atoms with Crippen LogP contribution in [0.25, 0.3) is 0 Å². The number of benzene rings is 3. The van der Waals surface area contributed by atoms with Crippen molar-refractivity contribution >= 4 is 27.5 Å². The molecule has 1 unspecified atom stereocenters. The van der Waals surface area contributed by atoms with Gasteiger partial charge in [-0.15, -0.1) is 6.42 Å². The molecule has 0 bridgehead atoms. The Morgan fingerprint density at radius 1 is 1.07 bits per heavy atom. The van der Waals surface area contributed by atoms with E-state index < -0.39 is 0 Å². The molecule has 1 nitrogen and oxygen atoms in total. The molecule has 3 aromatic carbocycles. The van der Waals surface area contributed by atoms with Crippen LogP contribution in [0, 0.1) is 18.2 Å². The van der Waals surface area contributed by atoms with Crippen LogP contribution in [0.1, 0.15) is 30.9 Å². The fraction of sp³-hybridized carbons (Fsp3) is 0.200. The molecule has 0 aliphatic heterocycles. The quantitative estimate of drug-likeness (QED) is 0.318. The van der Waals surface area contributed by atoms with Gasteiger partial charge in [0, 0.05) is 9.50 Å². The highest BCUT2D eigenvalue weighted by atomic mass is 79.9. The van der Waals surface area contributed by atoms with Crippen molar-refractivity contribution in [3.05, 3.63) is 93.2 Å². The number of halogens is 3. The van der Waals surface area contributed by atoms with E-state index in [1.807, 2.05) is 36.4 Å². The van der Waals surface area contributed by atoms with Crippen LogP contribution in [0.15, 0.2) is 71.2 Å². The van der Waals surface area contributed by atoms with E-state index in [9.17, 15) is 4.39 Å². The average molecular weight is 472 g/mol. The molecule has 0 spiro atoms. The fourth-order valence-electron chi connectivity index (χ4n) is 3.17. The van der Waals surface area contributed by atoms with Crippen molar-refractivity contribution in [2.75, 3.05) is 0 Å². The van der Waals surface area contributed by atoms with Crippen molar-refractivity contribution in [2.24, 2.45) is 0 Å². The van der Waals surface area contributed by atoms with Gasteiger partial charge in [0.05, 0.1) is 5.41 Å². The zero-order chi connectivity index (χ0) is 20.9. The third-order valence-electron chi connectivity index (χ3n) is 4.98. The molecule has 0 saturated heterocycles. The predicted octanol–water partition coefficient (Wildman–Crippen LogP) is 7.95. The minimum atomic E-state index is -0.383. The Morgan fingerprint density at radius 2 is 1.76 bits per heavy atom. The van der Waals surface area contributed by atoms with Gasteiger partial charge in [-0.2, -0.15) is 0 Å². The summed E-state index contributed by atoms with van der Waals surface area (Å²) < 4.78 is 20.8. The first-order chi connectivity index (χ1) is 13.9. The van der Waals surface area contributed by atoms with Crippen molar-refractivity contribution in [3.63, 3.8) is 0 Å². The van der Waals surface area contributed by atoms with Gasteiger partial charge in [-0.3, -0.25) is 0 Å². The SMILES string of the molecule is C#CC(C)(CCCc1ccc(F)c(Oc2ccc(Br)cc2)c1)c1ccc(Cl)cc1. The van der Waals surface area contributed by atoms with Crippen molar-refractivity contribution in [1.29, 1.82) is 0 Å². The molecule has 0 amide bonds. The standard InChI is InChI=1S/C25H21BrClFO/c1-3-25(2,19-7-11-21(27)12-8-19)16-4-5-18-6-15-23(28)24(17-18)29-22-13-9-20(26)10-14-22/h1,6-15,17H,4-5,16H2,2H3. The molecular weight excluding hydrogens is 451 g/mol. The van der Waals surface area contributed by atoms with E-state index in [4.69, 9.17) is 22.8 Å². The molecule has 29 heavy (non-hydrogen) atoms. The molecule has 0 aliphatic rings. The van der Waals surface area contributed by atoms with Crippen LogP contribution >= 0.6 is 27.5 Å². The first-order valence-corrected chi connectivity index (χ1v) is 10.5. The second-order valence-corrected chi connectivity index (χ2v) is 8.51. The highest BCUT2D eigenvalue weighted by molar-refractivity contribution is 9.10. The summed E-state index contributed by atoms with van der Waals surface area (Å²) in [6.45, 7) is 2.06. The first-order valence-electron chi connectivity index (χ1n) is 9.35. The summed E-state index contributed by atoms with van der Waals surface area (Å²) in [5.74, 6) is 3.36. The minimum Gasteiger partial charge on any atom is -0.454 e. The van der Waals surface area contributed by atoms with E-state index in [0.29, 0.717) is 10.8 Å². The number of rotatable bonds is 7. The van der Waals surface area contributed by atoms with E-state index >= 15 is 0 Å². The molecule has 4 heteroatoms. The maximum Gasteiger partial charge on any atom is 0.165 e. The molecule has 0 N–H and O–H groups in total. The molecule has 3 aromatic rings. The van der Waals surface area contributed by atoms with Crippen LogP contribution < -0.4 is 4.74 Å². The molecule has 0 radical (unpaired) electrons. The van der Waals surface area contributed by atoms with E-state index in [1.54, 1.807) is 24.3 Å². The van der Waals surface area contributed by atoms with Crippen LogP contribution in [0.5, 0.6) is 11.5 Å². The lowest BCUT2D eigenvalue weighted by atomic mass is 9.79. The highest BCUT2D eigenvalue weighted by Crippen LogP contribution is 2.31. The highest BCUT2D eigenvalue weighted by Gasteiger charge is 2.23. The molecule has 0 heterocycles. The summed E-state index contributed by atoms with van der Waals surface area (Å²) in [6.07, 6.45) is 8.30. The Balaban J connectivity index is 1.66. The summed E-state index contributed by atoms with van der Waals surface area (Å²) in [5.41, 5.74) is 1.71. The van der Waals surface area contributed by atoms with Crippen molar-refractivity contribution in [2.45, 2.75) is 31.6 Å². The van der Waals surface area contributed by atoms with Gasteiger partial charge in [-0.05, 0) is 85.8 Å². The van der Waals surface area contributed by atoms with Crippen molar-refractivity contribution in [3.8, 4) is 23.8 Å². The summed E-state index contributed by atoms with van der Waals surface area (Å²) in [6, 6.07) is 20.0. The largest absolute Gasteiger partial charge is 0.454 e. The number of terminal acetylenes is 1. The monoisotopic (exact) mass is 470 g/mol. The molecule has 0 aliphatic carbocycles. The second kappa shape index (κ2) is 9.48. The van der Waals surface area contributed by atoms with Crippen molar-refractivity contribution in [1.82, 2.24) is 0 Å². The van der Waals surface area contributed by atoms with Gasteiger partial charge in [-0.1, -0.05) is 51.7 Å². The molecule has 0 fully saturated rings. The van der Waals surface area contributed by atoms with Crippen LogP contribution in [0.2, 0.25) is 5.02 Å². The third-order valence-corrected chi connectivity index (χ3v) is 5.76. The van der Waals surface area contributed by atoms with Gasteiger partial charge in [-0.25, -0.2) is 4.39 Å². The van der Waals surface area contributed by atoms with E-state index in [2.05, 4.69) is 28.8 Å². The summed E-state index contributed by atoms with van der Waals surface area (Å²) >= 11 is 9.36. The topological polar surface area (TPSA) is 9.23 Å². The number of ether oxygens (including phenoxy) is 1. The normalized spacial score (nSPS) is 12.8. The first kappa shape index (κ1) is 21.4. The Hall–Kier alpha value is -2.28.